The van der Waals surface area contributed by atoms with Gasteiger partial charge in [0.05, 0.1) is 22.1 Å². The predicted molar refractivity (Wildman–Crippen MR) is 257 cm³/mol. The number of pyridine rings is 1. The Hall–Kier alpha value is -5.57. The SMILES string of the molecule is [2H]c1c([2H])c(C([2H])([2H])[2H])c([2H])c([2H])c1-c1ccnc(-c2[c-]c(-c3cccc4c3nc(-c3cc(C(C)(C)C)cc(C(C)(C)C)c3O)n4-c3cc(-c4ccccc4)c(C([2H])([2H])[2H])c(C([2H])([2H])[2H])c3)cc(C(C)(C)C)c2)c1.[Pt]. The third-order valence-electron chi connectivity index (χ3n) is 11.2. The zero-order valence-electron chi connectivity index (χ0n) is 49.4. The molecule has 2 aromatic heterocycles. The Bertz CT molecular complexity index is 3490. The summed E-state index contributed by atoms with van der Waals surface area (Å²) in [5.41, 5.74) is 4.36. The number of aromatic hydroxyl groups is 1. The van der Waals surface area contributed by atoms with Gasteiger partial charge in [0.2, 0.25) is 0 Å². The molecule has 0 bridgehead atoms. The maximum atomic E-state index is 12.5. The number of fused-ring (bicyclic) bond motifs is 1. The van der Waals surface area contributed by atoms with Crippen LogP contribution in [-0.4, -0.2) is 19.6 Å². The second-order valence-electron chi connectivity index (χ2n) is 18.8. The Labute approximate surface area is 401 Å². The number of benzene rings is 6. The van der Waals surface area contributed by atoms with Crippen molar-refractivity contribution >= 4 is 11.0 Å². The van der Waals surface area contributed by atoms with Crippen LogP contribution >= 0.6 is 0 Å². The quantitative estimate of drug-likeness (QED) is 0.169. The normalized spacial score (nSPS) is 15.8. The van der Waals surface area contributed by atoms with Crippen molar-refractivity contribution in [2.75, 3.05) is 0 Å². The van der Waals surface area contributed by atoms with E-state index in [0.717, 1.165) is 11.1 Å². The van der Waals surface area contributed by atoms with Gasteiger partial charge >= 0.3 is 0 Å². The van der Waals surface area contributed by atoms with Crippen LogP contribution in [0, 0.1) is 26.6 Å². The largest absolute Gasteiger partial charge is 0.507 e. The molecule has 0 aliphatic heterocycles. The molecule has 8 aromatic rings. The van der Waals surface area contributed by atoms with Crippen LogP contribution < -0.4 is 0 Å². The zero-order valence-corrected chi connectivity index (χ0v) is 38.7. The smallest absolute Gasteiger partial charge is 0.148 e. The van der Waals surface area contributed by atoms with Gasteiger partial charge in [-0.05, 0) is 106 Å². The molecule has 5 heteroatoms. The van der Waals surface area contributed by atoms with Crippen LogP contribution in [0.5, 0.6) is 5.75 Å². The van der Waals surface area contributed by atoms with Crippen LogP contribution in [0.1, 0.15) is 114 Å². The maximum absolute atomic E-state index is 12.5. The molecular weight excluding hydrogens is 938 g/mol. The molecule has 4 nitrogen and oxygen atoms in total. The number of para-hydroxylation sites is 1. The fraction of sp³-hybridized carbons (Fsp3) is 0.263. The van der Waals surface area contributed by atoms with Gasteiger partial charge in [-0.25, -0.2) is 4.98 Å². The van der Waals surface area contributed by atoms with Gasteiger partial charge in [0, 0.05) is 56.5 Å². The van der Waals surface area contributed by atoms with Crippen LogP contribution in [0.25, 0.3) is 72.7 Å². The molecule has 0 saturated carbocycles. The Morgan fingerprint density at radius 3 is 2.00 bits per heavy atom. The molecule has 6 aromatic carbocycles. The van der Waals surface area contributed by atoms with Crippen LogP contribution in [0.4, 0.5) is 0 Å². The summed E-state index contributed by atoms with van der Waals surface area (Å²) in [5.74, 6) is 0.246. The number of hydrogen-bond acceptors (Lipinski definition) is 3. The average molecular weight is 1010 g/mol. The molecule has 0 aliphatic carbocycles. The van der Waals surface area contributed by atoms with Crippen molar-refractivity contribution in [1.29, 1.82) is 0 Å². The number of aryl methyl sites for hydroxylation is 1. The monoisotopic (exact) mass is 1010 g/mol. The summed E-state index contributed by atoms with van der Waals surface area (Å²) in [6.45, 7) is 9.84. The molecule has 0 radical (unpaired) electrons. The Balaban J connectivity index is 0.00000820. The van der Waals surface area contributed by atoms with E-state index < -0.39 is 66.5 Å². The van der Waals surface area contributed by atoms with Gasteiger partial charge in [-0.3, -0.25) is 9.55 Å². The molecule has 0 fully saturated rings. The summed E-state index contributed by atoms with van der Waals surface area (Å²) in [6.07, 6.45) is 1.49. The van der Waals surface area contributed by atoms with Crippen LogP contribution in [0.2, 0.25) is 0 Å². The van der Waals surface area contributed by atoms with Gasteiger partial charge < -0.3 is 5.11 Å². The summed E-state index contributed by atoms with van der Waals surface area (Å²) >= 11 is 0. The second-order valence-corrected chi connectivity index (χ2v) is 18.8. The van der Waals surface area contributed by atoms with Crippen LogP contribution in [0.15, 0.2) is 127 Å². The molecule has 1 N–H and O–H groups in total. The maximum Gasteiger partial charge on any atom is 0.148 e. The van der Waals surface area contributed by atoms with E-state index in [1.807, 2.05) is 63.2 Å². The topological polar surface area (TPSA) is 50.9 Å². The number of phenolic OH excluding ortho intramolecular Hbond substituents is 1. The zero-order chi connectivity index (χ0) is 54.6. The van der Waals surface area contributed by atoms with E-state index in [4.69, 9.17) is 27.8 Å². The number of rotatable bonds is 6. The van der Waals surface area contributed by atoms with Gasteiger partial charge in [0.25, 0.3) is 0 Å². The van der Waals surface area contributed by atoms with E-state index in [1.165, 1.54) is 12.3 Å². The molecule has 2 heterocycles. The number of aromatic nitrogens is 3. The summed E-state index contributed by atoms with van der Waals surface area (Å²) in [7, 11) is 0. The van der Waals surface area contributed by atoms with Gasteiger partial charge in [-0.2, -0.15) is 0 Å². The van der Waals surface area contributed by atoms with Crippen molar-refractivity contribution in [3.05, 3.63) is 167 Å². The Morgan fingerprint density at radius 1 is 0.629 bits per heavy atom. The number of nitrogens with zero attached hydrogens (tertiary/aromatic N) is 3. The van der Waals surface area contributed by atoms with Crippen LogP contribution in [-0.2, 0) is 37.3 Å². The summed E-state index contributed by atoms with van der Waals surface area (Å²) in [4.78, 5) is 10.1. The molecule has 0 unspecified atom stereocenters. The molecule has 8 rings (SSSR count). The predicted octanol–water partition coefficient (Wildman–Crippen LogP) is 15.1. The average Bonchev–Trinajstić information content (AvgIpc) is 3.68. The summed E-state index contributed by atoms with van der Waals surface area (Å²) < 4.78 is 113. The molecule has 0 atom stereocenters. The second kappa shape index (κ2) is 16.6. The molecule has 318 valence electrons. The molecule has 0 saturated heterocycles. The first-order valence-electron chi connectivity index (χ1n) is 26.9. The van der Waals surface area contributed by atoms with E-state index in [9.17, 15) is 5.11 Å². The van der Waals surface area contributed by atoms with Crippen molar-refractivity contribution in [3.8, 4) is 67.5 Å². The van der Waals surface area contributed by atoms with Crippen molar-refractivity contribution < 1.29 is 44.0 Å². The summed E-state index contributed by atoms with van der Waals surface area (Å²) in [5, 5.41) is 12.5. The van der Waals surface area contributed by atoms with Crippen molar-refractivity contribution in [2.45, 2.75) is 99.1 Å². The van der Waals surface area contributed by atoms with E-state index in [2.05, 4.69) is 47.6 Å². The Kier molecular flexibility index (Phi) is 8.16. The number of imidazole rings is 1. The number of hydrogen-bond donors (Lipinski definition) is 1. The van der Waals surface area contributed by atoms with E-state index in [-0.39, 0.29) is 60.5 Å². The first-order valence-corrected chi connectivity index (χ1v) is 20.4. The van der Waals surface area contributed by atoms with E-state index >= 15 is 0 Å². The van der Waals surface area contributed by atoms with Gasteiger partial charge in [-0.1, -0.05) is 158 Å². The van der Waals surface area contributed by atoms with Crippen molar-refractivity contribution in [3.63, 3.8) is 0 Å². The molecular formula is C57H58N3OPt-. The third-order valence-corrected chi connectivity index (χ3v) is 11.2. The van der Waals surface area contributed by atoms with Crippen molar-refractivity contribution in [1.82, 2.24) is 14.5 Å². The minimum atomic E-state index is -2.87. The van der Waals surface area contributed by atoms with Gasteiger partial charge in [0.1, 0.15) is 11.6 Å². The van der Waals surface area contributed by atoms with Crippen LogP contribution in [0.3, 0.4) is 0 Å². The minimum Gasteiger partial charge on any atom is -0.507 e. The number of phenols is 1. The first kappa shape index (κ1) is 30.5. The van der Waals surface area contributed by atoms with Crippen molar-refractivity contribution in [2.24, 2.45) is 0 Å². The molecule has 0 amide bonds. The third kappa shape index (κ3) is 8.60. The molecule has 0 spiro atoms. The molecule has 0 aliphatic rings. The van der Waals surface area contributed by atoms with E-state index in [0.29, 0.717) is 55.8 Å². The van der Waals surface area contributed by atoms with Gasteiger partial charge in [0.15, 0.2) is 0 Å². The fourth-order valence-corrected chi connectivity index (χ4v) is 7.65. The fourth-order valence-electron chi connectivity index (χ4n) is 7.65. The molecule has 62 heavy (non-hydrogen) atoms. The summed E-state index contributed by atoms with van der Waals surface area (Å²) in [6, 6.07) is 29.7. The first-order chi connectivity index (χ1) is 34.1. The minimum absolute atomic E-state index is 0. The standard InChI is InChI=1S/C57H58N3O.Pt/c1-35-21-23-38(24-22-35)40-25-26-58-50(31-40)42-28-41(29-43(30-42)55(4,5)6)46-19-16-20-51-52(46)59-54(48-32-44(56(7,8)9)33-49(53(48)61)57(10,11)12)60(51)45-27-36(2)37(3)47(34-45)39-17-14-13-15-18-39;/h13-27,29-34,61H,1-12H3;/q-1;/i1D3,2D3,3D3,21D,22D,23D,24D;. The Morgan fingerprint density at radius 2 is 1.34 bits per heavy atom. The van der Waals surface area contributed by atoms with Gasteiger partial charge in [-0.15, -0.1) is 29.3 Å². The van der Waals surface area contributed by atoms with E-state index in [1.54, 1.807) is 53.1 Å².